The first kappa shape index (κ1) is 19.8. The number of hydrogen-bond donors (Lipinski definition) is 0. The van der Waals surface area contributed by atoms with Crippen molar-refractivity contribution in [1.29, 1.82) is 0 Å². The van der Waals surface area contributed by atoms with Gasteiger partial charge >= 0.3 is 0 Å². The summed E-state index contributed by atoms with van der Waals surface area (Å²) < 4.78 is 4.95. The average molecular weight is 442 g/mol. The lowest BCUT2D eigenvalue weighted by Crippen LogP contribution is -2.29. The molecule has 2 nitrogen and oxygen atoms in total. The van der Waals surface area contributed by atoms with E-state index in [0.29, 0.717) is 5.92 Å². The molecule has 2 heteroatoms. The molecule has 0 spiro atoms. The van der Waals surface area contributed by atoms with Crippen molar-refractivity contribution in [3.63, 3.8) is 0 Å². The SMILES string of the molecule is Cc1ccc2c(C)c3c(c(C)c2c1)c1c2c(ccc4c5cccc(C(C)C)c5n3c42)cc[n+]1C. The number of pyridine rings is 2. The topological polar surface area (TPSA) is 8.29 Å². The van der Waals surface area contributed by atoms with Crippen molar-refractivity contribution in [3.05, 3.63) is 83.0 Å². The number of hydrogen-bond acceptors (Lipinski definition) is 0. The second-order valence-electron chi connectivity index (χ2n) is 10.5. The van der Waals surface area contributed by atoms with Crippen LogP contribution in [0.1, 0.15) is 42.0 Å². The summed E-state index contributed by atoms with van der Waals surface area (Å²) in [5.74, 6) is 0.445. The minimum atomic E-state index is 0.445. The fourth-order valence-corrected chi connectivity index (χ4v) is 6.51. The van der Waals surface area contributed by atoms with E-state index in [4.69, 9.17) is 0 Å². The van der Waals surface area contributed by atoms with Crippen molar-refractivity contribution in [3.8, 4) is 0 Å². The Morgan fingerprint density at radius 3 is 2.26 bits per heavy atom. The summed E-state index contributed by atoms with van der Waals surface area (Å²) in [6.07, 6.45) is 2.22. The molecular weight excluding hydrogens is 412 g/mol. The predicted octanol–water partition coefficient (Wildman–Crippen LogP) is 8.02. The Hall–Kier alpha value is -3.65. The molecule has 0 radical (unpaired) electrons. The number of nitrogens with zero attached hydrogens (tertiary/aromatic N) is 2. The van der Waals surface area contributed by atoms with Gasteiger partial charge in [-0.05, 0) is 59.5 Å². The van der Waals surface area contributed by atoms with Crippen LogP contribution in [0.4, 0.5) is 0 Å². The van der Waals surface area contributed by atoms with Crippen molar-refractivity contribution in [2.75, 3.05) is 0 Å². The lowest BCUT2D eigenvalue weighted by atomic mass is 9.92. The molecule has 7 rings (SSSR count). The van der Waals surface area contributed by atoms with Crippen LogP contribution in [0.25, 0.3) is 59.8 Å². The van der Waals surface area contributed by atoms with Gasteiger partial charge in [-0.3, -0.25) is 0 Å². The van der Waals surface area contributed by atoms with E-state index in [1.54, 1.807) is 0 Å². The highest BCUT2D eigenvalue weighted by Gasteiger charge is 2.27. The third kappa shape index (κ3) is 2.24. The van der Waals surface area contributed by atoms with E-state index in [2.05, 4.69) is 111 Å². The maximum Gasteiger partial charge on any atom is 0.224 e. The first-order valence-corrected chi connectivity index (χ1v) is 12.3. The average Bonchev–Trinajstić information content (AvgIpc) is 3.17. The lowest BCUT2D eigenvalue weighted by molar-refractivity contribution is -0.643. The van der Waals surface area contributed by atoms with E-state index in [-0.39, 0.29) is 0 Å². The molecular formula is C32H29N2+. The van der Waals surface area contributed by atoms with E-state index in [1.165, 1.54) is 82.0 Å². The third-order valence-corrected chi connectivity index (χ3v) is 8.11. The van der Waals surface area contributed by atoms with Gasteiger partial charge in [-0.25, -0.2) is 4.57 Å². The first-order chi connectivity index (χ1) is 16.4. The second kappa shape index (κ2) is 6.48. The van der Waals surface area contributed by atoms with Gasteiger partial charge in [0.1, 0.15) is 7.05 Å². The van der Waals surface area contributed by atoms with Crippen LogP contribution in [-0.2, 0) is 7.05 Å². The zero-order valence-corrected chi connectivity index (χ0v) is 20.7. The molecule has 0 aliphatic rings. The van der Waals surface area contributed by atoms with Crippen LogP contribution in [0.15, 0.2) is 60.8 Å². The molecule has 0 saturated carbocycles. The first-order valence-electron chi connectivity index (χ1n) is 12.3. The maximum atomic E-state index is 2.62. The van der Waals surface area contributed by atoms with Crippen LogP contribution in [0.3, 0.4) is 0 Å². The van der Waals surface area contributed by atoms with Crippen LogP contribution >= 0.6 is 0 Å². The van der Waals surface area contributed by atoms with E-state index < -0.39 is 0 Å². The molecule has 0 amide bonds. The van der Waals surface area contributed by atoms with Gasteiger partial charge in [0.2, 0.25) is 5.52 Å². The van der Waals surface area contributed by atoms with Crippen LogP contribution in [0.2, 0.25) is 0 Å². The summed E-state index contributed by atoms with van der Waals surface area (Å²) in [6.45, 7) is 11.5. The Morgan fingerprint density at radius 2 is 1.47 bits per heavy atom. The molecule has 0 aliphatic heterocycles. The van der Waals surface area contributed by atoms with Crippen molar-refractivity contribution < 1.29 is 4.57 Å². The Bertz CT molecular complexity index is 1970. The Labute approximate surface area is 199 Å². The van der Waals surface area contributed by atoms with Gasteiger partial charge in [-0.1, -0.05) is 67.9 Å². The Morgan fingerprint density at radius 1 is 0.706 bits per heavy atom. The highest BCUT2D eigenvalue weighted by atomic mass is 15.0. The molecule has 4 aromatic carbocycles. The number of para-hydroxylation sites is 1. The minimum absolute atomic E-state index is 0.445. The van der Waals surface area contributed by atoms with Crippen LogP contribution in [-0.4, -0.2) is 4.40 Å². The number of aromatic nitrogens is 2. The van der Waals surface area contributed by atoms with Gasteiger partial charge in [0.25, 0.3) is 0 Å². The van der Waals surface area contributed by atoms with E-state index in [1.807, 2.05) is 0 Å². The van der Waals surface area contributed by atoms with E-state index in [9.17, 15) is 0 Å². The quantitative estimate of drug-likeness (QED) is 0.138. The van der Waals surface area contributed by atoms with Gasteiger partial charge in [-0.2, -0.15) is 0 Å². The lowest BCUT2D eigenvalue weighted by Gasteiger charge is -2.18. The fraction of sp³-hybridized carbons (Fsp3) is 0.219. The highest BCUT2D eigenvalue weighted by molar-refractivity contribution is 6.29. The molecule has 3 heterocycles. The van der Waals surface area contributed by atoms with Gasteiger partial charge in [0.05, 0.1) is 27.3 Å². The number of benzene rings is 4. The molecule has 166 valence electrons. The summed E-state index contributed by atoms with van der Waals surface area (Å²) in [4.78, 5) is 0. The van der Waals surface area contributed by atoms with Gasteiger partial charge in [0.15, 0.2) is 6.20 Å². The van der Waals surface area contributed by atoms with Crippen molar-refractivity contribution >= 4 is 59.8 Å². The van der Waals surface area contributed by atoms with Crippen LogP contribution < -0.4 is 4.57 Å². The summed E-state index contributed by atoms with van der Waals surface area (Å²) in [7, 11) is 2.20. The molecule has 0 saturated heterocycles. The molecule has 0 atom stereocenters. The number of rotatable bonds is 1. The largest absolute Gasteiger partial charge is 0.307 e. The third-order valence-electron chi connectivity index (χ3n) is 8.11. The van der Waals surface area contributed by atoms with Crippen LogP contribution in [0, 0.1) is 20.8 Å². The van der Waals surface area contributed by atoms with Crippen molar-refractivity contribution in [2.24, 2.45) is 7.05 Å². The fourth-order valence-electron chi connectivity index (χ4n) is 6.51. The summed E-state index contributed by atoms with van der Waals surface area (Å²) in [5.41, 5.74) is 10.9. The molecule has 34 heavy (non-hydrogen) atoms. The van der Waals surface area contributed by atoms with Gasteiger partial charge < -0.3 is 4.40 Å². The van der Waals surface area contributed by atoms with Crippen LogP contribution in [0.5, 0.6) is 0 Å². The molecule has 0 bridgehead atoms. The normalized spacial score (nSPS) is 12.7. The smallest absolute Gasteiger partial charge is 0.224 e. The second-order valence-corrected chi connectivity index (χ2v) is 10.5. The maximum absolute atomic E-state index is 2.62. The Kier molecular flexibility index (Phi) is 3.77. The van der Waals surface area contributed by atoms with Crippen molar-refractivity contribution in [2.45, 2.75) is 40.5 Å². The summed E-state index contributed by atoms with van der Waals surface area (Å²) in [6, 6.07) is 20.7. The molecule has 0 unspecified atom stereocenters. The molecule has 0 aliphatic carbocycles. The zero-order valence-electron chi connectivity index (χ0n) is 20.7. The minimum Gasteiger partial charge on any atom is -0.307 e. The zero-order chi connectivity index (χ0) is 23.5. The number of fused-ring (bicyclic) bond motifs is 7. The summed E-state index contributed by atoms with van der Waals surface area (Å²) >= 11 is 0. The number of aryl methyl sites for hydroxylation is 4. The molecule has 3 aromatic heterocycles. The predicted molar refractivity (Wildman–Crippen MR) is 146 cm³/mol. The molecule has 0 N–H and O–H groups in total. The monoisotopic (exact) mass is 441 g/mol. The van der Waals surface area contributed by atoms with Crippen molar-refractivity contribution in [1.82, 2.24) is 4.40 Å². The van der Waals surface area contributed by atoms with Gasteiger partial charge in [-0.15, -0.1) is 0 Å². The van der Waals surface area contributed by atoms with Gasteiger partial charge in [0, 0.05) is 16.8 Å². The molecule has 0 fully saturated rings. The molecule has 7 aromatic rings. The Balaban J connectivity index is 1.98. The highest BCUT2D eigenvalue weighted by Crippen LogP contribution is 2.45. The standard InChI is InChI=1S/C32H29N2/c1-17(2)22-8-7-9-24-25-13-11-21-14-15-33(6)32-27-19(4)26-16-18(3)10-12-23(26)20(5)29(27)34(30(22)24)31(25)28(21)32/h7-17H,1-6H3/q+1. The van der Waals surface area contributed by atoms with E-state index >= 15 is 0 Å². The summed E-state index contributed by atoms with van der Waals surface area (Å²) in [5, 5.41) is 9.48. The van der Waals surface area contributed by atoms with E-state index in [0.717, 1.165) is 0 Å².